The number of alkyl halides is 1. The van der Waals surface area contributed by atoms with E-state index in [0.29, 0.717) is 28.8 Å². The second-order valence-corrected chi connectivity index (χ2v) is 8.25. The Labute approximate surface area is 184 Å². The molecule has 1 aliphatic heterocycles. The minimum Gasteiger partial charge on any atom is -0.439 e. The number of benzene rings is 2. The molecule has 0 atom stereocenters. The number of aryl methyl sites for hydroxylation is 1. The van der Waals surface area contributed by atoms with Crippen molar-refractivity contribution >= 4 is 29.2 Å². The number of hydrogen-bond acceptors (Lipinski definition) is 4. The largest absolute Gasteiger partial charge is 0.439 e. The maximum atomic E-state index is 13.2. The number of nitrogens with zero attached hydrogens (tertiary/aromatic N) is 3. The number of amides is 3. The van der Waals surface area contributed by atoms with Crippen molar-refractivity contribution in [2.75, 3.05) is 11.6 Å². The van der Waals surface area contributed by atoms with Crippen molar-refractivity contribution in [3.63, 3.8) is 0 Å². The van der Waals surface area contributed by atoms with Gasteiger partial charge in [0.2, 0.25) is 5.89 Å². The summed E-state index contributed by atoms with van der Waals surface area (Å²) in [6, 6.07) is 13.4. The van der Waals surface area contributed by atoms with Crippen LogP contribution in [0.4, 0.5) is 14.9 Å². The van der Waals surface area contributed by atoms with Crippen LogP contribution in [0, 0.1) is 0 Å². The normalized spacial score (nSPS) is 15.7. The van der Waals surface area contributed by atoms with Gasteiger partial charge in [0.25, 0.3) is 5.91 Å². The van der Waals surface area contributed by atoms with Gasteiger partial charge in [-0.05, 0) is 55.8 Å². The fourth-order valence-corrected chi connectivity index (χ4v) is 3.64. The number of oxazole rings is 1. The third kappa shape index (κ3) is 3.93. The average Bonchev–Trinajstić information content (AvgIpc) is 3.28. The molecule has 31 heavy (non-hydrogen) atoms. The smallest absolute Gasteiger partial charge is 0.332 e. The summed E-state index contributed by atoms with van der Waals surface area (Å²) in [6.45, 7) is 3.02. The first-order valence-electron chi connectivity index (χ1n) is 9.83. The molecule has 0 unspecified atom stereocenters. The van der Waals surface area contributed by atoms with Crippen molar-refractivity contribution in [2.45, 2.75) is 32.4 Å². The van der Waals surface area contributed by atoms with Gasteiger partial charge in [0.05, 0.1) is 25.1 Å². The summed E-state index contributed by atoms with van der Waals surface area (Å²) in [5.41, 5.74) is 0.946. The maximum Gasteiger partial charge on any atom is 0.332 e. The lowest BCUT2D eigenvalue weighted by molar-refractivity contribution is -0.123. The first-order valence-corrected chi connectivity index (χ1v) is 10.2. The molecule has 0 N–H and O–H groups in total. The van der Waals surface area contributed by atoms with Crippen LogP contribution >= 0.6 is 11.6 Å². The second kappa shape index (κ2) is 8.15. The molecule has 1 saturated heterocycles. The number of anilines is 1. The van der Waals surface area contributed by atoms with Crippen LogP contribution in [-0.2, 0) is 17.8 Å². The van der Waals surface area contributed by atoms with E-state index >= 15 is 0 Å². The van der Waals surface area contributed by atoms with E-state index in [1.165, 1.54) is 4.90 Å². The van der Waals surface area contributed by atoms with Crippen molar-refractivity contribution in [1.82, 2.24) is 9.88 Å². The SMILES string of the molecule is CC1(C)C(=O)N(c2ccc(CCF)cc2)C(=O)N1Cc1cnc(-c2ccc(Cl)cc2)o1. The first-order chi connectivity index (χ1) is 14.8. The predicted molar refractivity (Wildman–Crippen MR) is 116 cm³/mol. The molecule has 2 aromatic carbocycles. The van der Waals surface area contributed by atoms with Gasteiger partial charge in [0.15, 0.2) is 0 Å². The molecule has 1 fully saturated rings. The average molecular weight is 442 g/mol. The van der Waals surface area contributed by atoms with Gasteiger partial charge in [-0.15, -0.1) is 0 Å². The molecule has 0 aliphatic carbocycles. The van der Waals surface area contributed by atoms with Crippen molar-refractivity contribution in [3.8, 4) is 11.5 Å². The summed E-state index contributed by atoms with van der Waals surface area (Å²) < 4.78 is 18.4. The Morgan fingerprint density at radius 1 is 1.06 bits per heavy atom. The molecule has 3 aromatic rings. The van der Waals surface area contributed by atoms with Crippen LogP contribution in [0.5, 0.6) is 0 Å². The van der Waals surface area contributed by atoms with Crippen molar-refractivity contribution in [1.29, 1.82) is 0 Å². The van der Waals surface area contributed by atoms with Crippen LogP contribution < -0.4 is 4.90 Å². The Morgan fingerprint density at radius 3 is 2.39 bits per heavy atom. The molecule has 2 heterocycles. The van der Waals surface area contributed by atoms with E-state index in [1.807, 2.05) is 0 Å². The van der Waals surface area contributed by atoms with Gasteiger partial charge in [-0.1, -0.05) is 23.7 Å². The van der Waals surface area contributed by atoms with Crippen LogP contribution in [0.1, 0.15) is 25.2 Å². The van der Waals surface area contributed by atoms with Crippen LogP contribution in [0.25, 0.3) is 11.5 Å². The Kier molecular flexibility index (Phi) is 5.54. The van der Waals surface area contributed by atoms with E-state index in [1.54, 1.807) is 68.6 Å². The summed E-state index contributed by atoms with van der Waals surface area (Å²) in [5.74, 6) is 0.523. The van der Waals surface area contributed by atoms with E-state index in [4.69, 9.17) is 16.0 Å². The molecule has 0 radical (unpaired) electrons. The zero-order valence-electron chi connectivity index (χ0n) is 17.1. The molecule has 3 amide bonds. The Hall–Kier alpha value is -3.19. The van der Waals surface area contributed by atoms with Gasteiger partial charge in [0, 0.05) is 17.0 Å². The summed E-state index contributed by atoms with van der Waals surface area (Å²) >= 11 is 5.92. The minimum atomic E-state index is -1.07. The zero-order chi connectivity index (χ0) is 22.2. The maximum absolute atomic E-state index is 13.2. The lowest BCUT2D eigenvalue weighted by Crippen LogP contribution is -2.43. The van der Waals surface area contributed by atoms with Gasteiger partial charge >= 0.3 is 6.03 Å². The zero-order valence-corrected chi connectivity index (χ0v) is 17.9. The number of imide groups is 1. The first kappa shape index (κ1) is 21.1. The molecule has 4 rings (SSSR count). The molecule has 6 nitrogen and oxygen atoms in total. The van der Waals surface area contributed by atoms with Gasteiger partial charge in [-0.25, -0.2) is 14.7 Å². The van der Waals surface area contributed by atoms with Gasteiger partial charge in [-0.3, -0.25) is 9.18 Å². The molecular formula is C23H21ClFN3O3. The van der Waals surface area contributed by atoms with Crippen molar-refractivity contribution < 1.29 is 18.4 Å². The predicted octanol–water partition coefficient (Wildman–Crippen LogP) is 5.25. The van der Waals surface area contributed by atoms with E-state index < -0.39 is 18.2 Å². The molecular weight excluding hydrogens is 421 g/mol. The highest BCUT2D eigenvalue weighted by Gasteiger charge is 2.52. The third-order valence-electron chi connectivity index (χ3n) is 5.36. The molecule has 0 bridgehead atoms. The standard InChI is InChI=1S/C23H21ClFN3O3/c1-23(2)21(29)28(18-9-3-15(4-10-18)11-12-25)22(30)27(23)14-19-13-26-20(31-19)16-5-7-17(24)8-6-16/h3-10,13H,11-12,14H2,1-2H3. The monoisotopic (exact) mass is 441 g/mol. The number of aromatic nitrogens is 1. The van der Waals surface area contributed by atoms with Gasteiger partial charge < -0.3 is 9.32 Å². The van der Waals surface area contributed by atoms with E-state index in [-0.39, 0.29) is 12.5 Å². The molecule has 8 heteroatoms. The van der Waals surface area contributed by atoms with Crippen molar-refractivity contribution in [3.05, 3.63) is 71.1 Å². The van der Waals surface area contributed by atoms with Crippen LogP contribution in [0.2, 0.25) is 5.02 Å². The summed E-state index contributed by atoms with van der Waals surface area (Å²) in [4.78, 5) is 33.1. The fraction of sp³-hybridized carbons (Fsp3) is 0.261. The fourth-order valence-electron chi connectivity index (χ4n) is 3.51. The highest BCUT2D eigenvalue weighted by molar-refractivity contribution is 6.30. The van der Waals surface area contributed by atoms with Gasteiger partial charge in [0.1, 0.15) is 11.3 Å². The van der Waals surface area contributed by atoms with Crippen LogP contribution in [0.15, 0.2) is 59.1 Å². The summed E-state index contributed by atoms with van der Waals surface area (Å²) in [6.07, 6.45) is 1.84. The Bertz CT molecular complexity index is 1110. The number of rotatable bonds is 6. The topological polar surface area (TPSA) is 66.7 Å². The van der Waals surface area contributed by atoms with Crippen LogP contribution in [-0.4, -0.2) is 34.0 Å². The molecule has 1 aromatic heterocycles. The lowest BCUT2D eigenvalue weighted by atomic mass is 10.0. The molecule has 160 valence electrons. The molecule has 0 saturated carbocycles. The van der Waals surface area contributed by atoms with E-state index in [9.17, 15) is 14.0 Å². The highest BCUT2D eigenvalue weighted by atomic mass is 35.5. The number of urea groups is 1. The minimum absolute atomic E-state index is 0.0919. The van der Waals surface area contributed by atoms with Crippen LogP contribution in [0.3, 0.4) is 0 Å². The van der Waals surface area contributed by atoms with E-state index in [2.05, 4.69) is 4.98 Å². The second-order valence-electron chi connectivity index (χ2n) is 7.81. The quantitative estimate of drug-likeness (QED) is 0.490. The summed E-state index contributed by atoms with van der Waals surface area (Å²) in [5, 5.41) is 0.608. The number of hydrogen-bond donors (Lipinski definition) is 0. The van der Waals surface area contributed by atoms with Crippen molar-refractivity contribution in [2.24, 2.45) is 0 Å². The number of carbonyl (C=O) groups is 2. The summed E-state index contributed by atoms with van der Waals surface area (Å²) in [7, 11) is 0. The molecule has 0 spiro atoms. The third-order valence-corrected chi connectivity index (χ3v) is 5.61. The Morgan fingerprint density at radius 2 is 1.74 bits per heavy atom. The number of carbonyl (C=O) groups excluding carboxylic acids is 2. The number of halogens is 2. The van der Waals surface area contributed by atoms with Gasteiger partial charge in [-0.2, -0.15) is 0 Å². The molecule has 1 aliphatic rings. The lowest BCUT2D eigenvalue weighted by Gasteiger charge is -2.26. The van der Waals surface area contributed by atoms with E-state index in [0.717, 1.165) is 16.0 Å². The highest BCUT2D eigenvalue weighted by Crippen LogP contribution is 2.34. The Balaban J connectivity index is 1.57.